The van der Waals surface area contributed by atoms with Crippen LogP contribution in [0.5, 0.6) is 5.75 Å². The highest BCUT2D eigenvalue weighted by atomic mass is 35.5. The van der Waals surface area contributed by atoms with Crippen LogP contribution in [-0.2, 0) is 0 Å². The Morgan fingerprint density at radius 2 is 1.86 bits per heavy atom. The summed E-state index contributed by atoms with van der Waals surface area (Å²) in [7, 11) is 2.11. The van der Waals surface area contributed by atoms with Crippen molar-refractivity contribution >= 4 is 23.4 Å². The van der Waals surface area contributed by atoms with Crippen molar-refractivity contribution in [1.82, 2.24) is 10.2 Å². The van der Waals surface area contributed by atoms with Crippen LogP contribution in [0.2, 0.25) is 5.02 Å². The Kier molecular flexibility index (Phi) is 5.19. The summed E-state index contributed by atoms with van der Waals surface area (Å²) in [4.78, 5) is 16.3. The summed E-state index contributed by atoms with van der Waals surface area (Å²) in [5, 5.41) is 3.35. The first kappa shape index (κ1) is 16.9. The van der Waals surface area contributed by atoms with E-state index in [4.69, 9.17) is 16.3 Å². The molecule has 1 heterocycles. The molecule has 0 bridgehead atoms. The number of hydrogen-bond donors (Lipinski definition) is 1. The maximum absolute atomic E-state index is 11.8. The topological polar surface area (TPSA) is 44.8 Å². The first-order chi connectivity index (χ1) is 10.2. The van der Waals surface area contributed by atoms with E-state index >= 15 is 0 Å². The molecule has 0 unspecified atom stereocenters. The van der Waals surface area contributed by atoms with Gasteiger partial charge in [0.05, 0.1) is 10.7 Å². The Labute approximate surface area is 137 Å². The lowest BCUT2D eigenvalue weighted by Gasteiger charge is -2.34. The van der Waals surface area contributed by atoms with Crippen LogP contribution < -0.4 is 15.0 Å². The maximum Gasteiger partial charge on any atom is 0.413 e. The zero-order valence-corrected chi connectivity index (χ0v) is 14.4. The number of anilines is 1. The zero-order chi connectivity index (χ0) is 16.3. The molecule has 5 nitrogen and oxygen atoms in total. The lowest BCUT2D eigenvalue weighted by molar-refractivity contribution is 0.190. The SMILES string of the molecule is CN1CCN(c2ccc(OC(=O)NC(C)(C)C)cc2Cl)CC1. The fourth-order valence-electron chi connectivity index (χ4n) is 2.29. The molecule has 1 aliphatic heterocycles. The maximum atomic E-state index is 11.8. The fourth-order valence-corrected chi connectivity index (χ4v) is 2.58. The number of halogens is 1. The molecule has 1 aliphatic rings. The lowest BCUT2D eigenvalue weighted by Crippen LogP contribution is -2.44. The summed E-state index contributed by atoms with van der Waals surface area (Å²) < 4.78 is 5.27. The Balaban J connectivity index is 2.02. The van der Waals surface area contributed by atoms with Crippen molar-refractivity contribution < 1.29 is 9.53 Å². The van der Waals surface area contributed by atoms with Crippen LogP contribution in [0, 0.1) is 0 Å². The van der Waals surface area contributed by atoms with E-state index in [0.29, 0.717) is 10.8 Å². The number of hydrogen-bond acceptors (Lipinski definition) is 4. The number of nitrogens with one attached hydrogen (secondary N) is 1. The number of nitrogens with zero attached hydrogens (tertiary/aromatic N) is 2. The van der Waals surface area contributed by atoms with Crippen LogP contribution in [0.4, 0.5) is 10.5 Å². The van der Waals surface area contributed by atoms with Crippen LogP contribution in [0.3, 0.4) is 0 Å². The standard InChI is InChI=1S/C16H24ClN3O2/c1-16(2,3)18-15(21)22-12-5-6-14(13(17)11-12)20-9-7-19(4)8-10-20/h5-6,11H,7-10H2,1-4H3,(H,18,21). The molecule has 1 amide bonds. The number of carbonyl (C=O) groups excluding carboxylic acids is 1. The second kappa shape index (κ2) is 6.75. The average molecular weight is 326 g/mol. The smallest absolute Gasteiger partial charge is 0.410 e. The number of rotatable bonds is 2. The van der Waals surface area contributed by atoms with Crippen molar-refractivity contribution in [2.75, 3.05) is 38.1 Å². The van der Waals surface area contributed by atoms with E-state index in [0.717, 1.165) is 31.9 Å². The largest absolute Gasteiger partial charge is 0.413 e. The van der Waals surface area contributed by atoms with Crippen LogP contribution in [0.1, 0.15) is 20.8 Å². The minimum absolute atomic E-state index is 0.333. The molecular weight excluding hydrogens is 302 g/mol. The monoisotopic (exact) mass is 325 g/mol. The van der Waals surface area contributed by atoms with Crippen molar-refractivity contribution in [2.24, 2.45) is 0 Å². The Morgan fingerprint density at radius 1 is 1.23 bits per heavy atom. The van der Waals surface area contributed by atoms with E-state index in [9.17, 15) is 4.79 Å². The highest BCUT2D eigenvalue weighted by molar-refractivity contribution is 6.33. The van der Waals surface area contributed by atoms with Crippen LogP contribution in [0.15, 0.2) is 18.2 Å². The van der Waals surface area contributed by atoms with Gasteiger partial charge >= 0.3 is 6.09 Å². The normalized spacial score (nSPS) is 16.5. The summed E-state index contributed by atoms with van der Waals surface area (Å²) in [5.41, 5.74) is 0.652. The average Bonchev–Trinajstić information content (AvgIpc) is 2.38. The number of ether oxygens (including phenoxy) is 1. The Morgan fingerprint density at radius 3 is 2.41 bits per heavy atom. The molecule has 6 heteroatoms. The molecule has 0 radical (unpaired) electrons. The number of amides is 1. The van der Waals surface area contributed by atoms with Gasteiger partial charge in [0, 0.05) is 37.8 Å². The zero-order valence-electron chi connectivity index (χ0n) is 13.6. The van der Waals surface area contributed by atoms with E-state index < -0.39 is 6.09 Å². The van der Waals surface area contributed by atoms with E-state index in [1.54, 1.807) is 12.1 Å². The molecular formula is C16H24ClN3O2. The molecule has 0 saturated carbocycles. The van der Waals surface area contributed by atoms with Crippen molar-refractivity contribution in [2.45, 2.75) is 26.3 Å². The number of likely N-dealkylation sites (N-methyl/N-ethyl adjacent to an activating group) is 1. The van der Waals surface area contributed by atoms with E-state index in [1.807, 2.05) is 26.8 Å². The number of carbonyl (C=O) groups is 1. The molecule has 1 N–H and O–H groups in total. The second-order valence-corrected chi connectivity index (χ2v) is 7.08. The molecule has 0 atom stereocenters. The van der Waals surface area contributed by atoms with Gasteiger partial charge in [-0.15, -0.1) is 0 Å². The fraction of sp³-hybridized carbons (Fsp3) is 0.562. The predicted octanol–water partition coefficient (Wildman–Crippen LogP) is 2.98. The highest BCUT2D eigenvalue weighted by Gasteiger charge is 2.18. The molecule has 22 heavy (non-hydrogen) atoms. The summed E-state index contributed by atoms with van der Waals surface area (Å²) in [5.74, 6) is 0.449. The minimum Gasteiger partial charge on any atom is -0.410 e. The summed E-state index contributed by atoms with van der Waals surface area (Å²) >= 11 is 6.35. The minimum atomic E-state index is -0.476. The first-order valence-corrected chi connectivity index (χ1v) is 7.85. The molecule has 1 fully saturated rings. The summed E-state index contributed by atoms with van der Waals surface area (Å²) in [6, 6.07) is 5.38. The second-order valence-electron chi connectivity index (χ2n) is 6.67. The Hall–Kier alpha value is -1.46. The molecule has 122 valence electrons. The molecule has 1 aromatic carbocycles. The summed E-state index contributed by atoms with van der Waals surface area (Å²) in [6.45, 7) is 9.63. The van der Waals surface area contributed by atoms with Gasteiger partial charge in [0.1, 0.15) is 5.75 Å². The molecule has 2 rings (SSSR count). The Bertz CT molecular complexity index is 535. The third kappa shape index (κ3) is 4.78. The third-order valence-corrected chi connectivity index (χ3v) is 3.75. The molecule has 0 aromatic heterocycles. The highest BCUT2D eigenvalue weighted by Crippen LogP contribution is 2.30. The van der Waals surface area contributed by atoms with E-state index in [1.165, 1.54) is 0 Å². The molecule has 1 saturated heterocycles. The first-order valence-electron chi connectivity index (χ1n) is 7.48. The number of benzene rings is 1. The molecule has 0 aliphatic carbocycles. The van der Waals surface area contributed by atoms with Crippen LogP contribution in [0.25, 0.3) is 0 Å². The number of piperazine rings is 1. The quantitative estimate of drug-likeness (QED) is 0.908. The van der Waals surface area contributed by atoms with Gasteiger partial charge in [-0.2, -0.15) is 0 Å². The molecule has 0 spiro atoms. The summed E-state index contributed by atoms with van der Waals surface area (Å²) in [6.07, 6.45) is -0.476. The van der Waals surface area contributed by atoms with Gasteiger partial charge < -0.3 is 19.9 Å². The van der Waals surface area contributed by atoms with Gasteiger partial charge in [-0.3, -0.25) is 0 Å². The van der Waals surface area contributed by atoms with Crippen molar-refractivity contribution in [1.29, 1.82) is 0 Å². The van der Waals surface area contributed by atoms with Crippen molar-refractivity contribution in [3.8, 4) is 5.75 Å². The predicted molar refractivity (Wildman–Crippen MR) is 90.1 cm³/mol. The lowest BCUT2D eigenvalue weighted by atomic mass is 10.1. The van der Waals surface area contributed by atoms with Gasteiger partial charge in [-0.05, 0) is 40.0 Å². The van der Waals surface area contributed by atoms with Gasteiger partial charge in [-0.1, -0.05) is 11.6 Å². The van der Waals surface area contributed by atoms with E-state index in [-0.39, 0.29) is 5.54 Å². The van der Waals surface area contributed by atoms with Crippen LogP contribution >= 0.6 is 11.6 Å². The van der Waals surface area contributed by atoms with Gasteiger partial charge in [0.2, 0.25) is 0 Å². The van der Waals surface area contributed by atoms with Crippen molar-refractivity contribution in [3.63, 3.8) is 0 Å². The van der Waals surface area contributed by atoms with Gasteiger partial charge in [-0.25, -0.2) is 4.79 Å². The molecule has 1 aromatic rings. The third-order valence-electron chi connectivity index (χ3n) is 3.45. The van der Waals surface area contributed by atoms with Gasteiger partial charge in [0.25, 0.3) is 0 Å². The van der Waals surface area contributed by atoms with Gasteiger partial charge in [0.15, 0.2) is 0 Å². The van der Waals surface area contributed by atoms with E-state index in [2.05, 4.69) is 22.2 Å². The van der Waals surface area contributed by atoms with Crippen LogP contribution in [-0.4, -0.2) is 49.8 Å². The van der Waals surface area contributed by atoms with Crippen molar-refractivity contribution in [3.05, 3.63) is 23.2 Å².